The standard InChI is InChI=1S/C18H22N2O/c19-13-7-12-18(21)20(14-16-8-3-1-4-9-16)15-17-10-5-2-6-11-17/h1-6,8-11H,7,12-15,19H2. The van der Waals surface area contributed by atoms with Crippen molar-refractivity contribution in [2.24, 2.45) is 5.73 Å². The summed E-state index contributed by atoms with van der Waals surface area (Å²) in [4.78, 5) is 14.3. The number of nitrogens with two attached hydrogens (primary N) is 1. The molecular formula is C18H22N2O. The van der Waals surface area contributed by atoms with Gasteiger partial charge in [-0.1, -0.05) is 60.7 Å². The molecule has 110 valence electrons. The first-order chi connectivity index (χ1) is 10.3. The Bertz CT molecular complexity index is 498. The lowest BCUT2D eigenvalue weighted by molar-refractivity contribution is -0.132. The fraction of sp³-hybridized carbons (Fsp3) is 0.278. The molecule has 1 amide bonds. The van der Waals surface area contributed by atoms with Crippen molar-refractivity contribution in [3.8, 4) is 0 Å². The van der Waals surface area contributed by atoms with Gasteiger partial charge in [0.2, 0.25) is 5.91 Å². The Hall–Kier alpha value is -2.13. The zero-order valence-electron chi connectivity index (χ0n) is 12.2. The third-order valence-electron chi connectivity index (χ3n) is 3.38. The van der Waals surface area contributed by atoms with Crippen LogP contribution < -0.4 is 5.73 Å². The summed E-state index contributed by atoms with van der Waals surface area (Å²) < 4.78 is 0. The molecule has 3 heteroatoms. The molecule has 0 aromatic heterocycles. The Labute approximate surface area is 126 Å². The van der Waals surface area contributed by atoms with Gasteiger partial charge in [-0.2, -0.15) is 0 Å². The smallest absolute Gasteiger partial charge is 0.223 e. The zero-order valence-corrected chi connectivity index (χ0v) is 12.2. The van der Waals surface area contributed by atoms with Crippen molar-refractivity contribution in [1.82, 2.24) is 4.90 Å². The third kappa shape index (κ3) is 5.04. The monoisotopic (exact) mass is 282 g/mol. The van der Waals surface area contributed by atoms with E-state index in [1.165, 1.54) is 0 Å². The van der Waals surface area contributed by atoms with Gasteiger partial charge in [-0.05, 0) is 24.1 Å². The van der Waals surface area contributed by atoms with Crippen LogP contribution in [0.3, 0.4) is 0 Å². The Morgan fingerprint density at radius 2 is 1.33 bits per heavy atom. The second kappa shape index (κ2) is 8.22. The van der Waals surface area contributed by atoms with Crippen molar-refractivity contribution < 1.29 is 4.79 Å². The maximum atomic E-state index is 12.4. The van der Waals surface area contributed by atoms with E-state index in [1.54, 1.807) is 0 Å². The van der Waals surface area contributed by atoms with Crippen LogP contribution in [-0.4, -0.2) is 17.4 Å². The highest BCUT2D eigenvalue weighted by atomic mass is 16.2. The van der Waals surface area contributed by atoms with Gasteiger partial charge in [0, 0.05) is 19.5 Å². The van der Waals surface area contributed by atoms with E-state index in [0.29, 0.717) is 26.1 Å². The predicted molar refractivity (Wildman–Crippen MR) is 85.4 cm³/mol. The lowest BCUT2D eigenvalue weighted by atomic mass is 10.1. The maximum Gasteiger partial charge on any atom is 0.223 e. The zero-order chi connectivity index (χ0) is 14.9. The summed E-state index contributed by atoms with van der Waals surface area (Å²) in [5, 5.41) is 0. The Kier molecular flexibility index (Phi) is 5.98. The molecule has 0 heterocycles. The molecule has 2 rings (SSSR count). The molecule has 0 saturated carbocycles. The number of amides is 1. The first-order valence-electron chi connectivity index (χ1n) is 7.35. The first kappa shape index (κ1) is 15.3. The number of benzene rings is 2. The molecule has 2 N–H and O–H groups in total. The normalized spacial score (nSPS) is 10.3. The largest absolute Gasteiger partial charge is 0.334 e. The molecule has 0 radical (unpaired) electrons. The topological polar surface area (TPSA) is 46.3 Å². The van der Waals surface area contributed by atoms with E-state index >= 15 is 0 Å². The van der Waals surface area contributed by atoms with Gasteiger partial charge in [-0.25, -0.2) is 0 Å². The van der Waals surface area contributed by atoms with Gasteiger partial charge in [0.25, 0.3) is 0 Å². The van der Waals surface area contributed by atoms with Gasteiger partial charge in [-0.15, -0.1) is 0 Å². The molecule has 3 nitrogen and oxygen atoms in total. The van der Waals surface area contributed by atoms with Crippen molar-refractivity contribution in [1.29, 1.82) is 0 Å². The molecule has 0 saturated heterocycles. The molecule has 0 aliphatic heterocycles. The van der Waals surface area contributed by atoms with Crippen molar-refractivity contribution in [3.63, 3.8) is 0 Å². The van der Waals surface area contributed by atoms with Gasteiger partial charge in [0.15, 0.2) is 0 Å². The highest BCUT2D eigenvalue weighted by Crippen LogP contribution is 2.12. The molecule has 2 aromatic rings. The van der Waals surface area contributed by atoms with Crippen LogP contribution in [0.25, 0.3) is 0 Å². The van der Waals surface area contributed by atoms with Crippen LogP contribution in [0.2, 0.25) is 0 Å². The van der Waals surface area contributed by atoms with Gasteiger partial charge < -0.3 is 10.6 Å². The van der Waals surface area contributed by atoms with Crippen LogP contribution in [0, 0.1) is 0 Å². The predicted octanol–water partition coefficient (Wildman–Crippen LogP) is 2.95. The maximum absolute atomic E-state index is 12.4. The third-order valence-corrected chi connectivity index (χ3v) is 3.38. The van der Waals surface area contributed by atoms with Crippen LogP contribution in [0.15, 0.2) is 60.7 Å². The van der Waals surface area contributed by atoms with Crippen molar-refractivity contribution in [3.05, 3.63) is 71.8 Å². The van der Waals surface area contributed by atoms with Crippen molar-refractivity contribution in [2.75, 3.05) is 6.54 Å². The molecular weight excluding hydrogens is 260 g/mol. The molecule has 0 spiro atoms. The number of hydrogen-bond donors (Lipinski definition) is 1. The second-order valence-corrected chi connectivity index (χ2v) is 5.11. The van der Waals surface area contributed by atoms with E-state index in [-0.39, 0.29) is 5.91 Å². The first-order valence-corrected chi connectivity index (χ1v) is 7.35. The van der Waals surface area contributed by atoms with Crippen LogP contribution in [0.1, 0.15) is 24.0 Å². The van der Waals surface area contributed by atoms with Gasteiger partial charge in [0.1, 0.15) is 0 Å². The van der Waals surface area contributed by atoms with Crippen LogP contribution in [-0.2, 0) is 17.9 Å². The van der Waals surface area contributed by atoms with Crippen LogP contribution in [0.4, 0.5) is 0 Å². The highest BCUT2D eigenvalue weighted by Gasteiger charge is 2.13. The molecule has 0 atom stereocenters. The quantitative estimate of drug-likeness (QED) is 0.848. The summed E-state index contributed by atoms with van der Waals surface area (Å²) in [5.74, 6) is 0.160. The van der Waals surface area contributed by atoms with Crippen molar-refractivity contribution in [2.45, 2.75) is 25.9 Å². The molecule has 0 unspecified atom stereocenters. The van der Waals surface area contributed by atoms with Crippen molar-refractivity contribution >= 4 is 5.91 Å². The summed E-state index contributed by atoms with van der Waals surface area (Å²) in [6.45, 7) is 1.83. The minimum absolute atomic E-state index is 0.160. The van der Waals surface area contributed by atoms with Gasteiger partial charge in [0.05, 0.1) is 0 Å². The molecule has 2 aromatic carbocycles. The minimum atomic E-state index is 0.160. The summed E-state index contributed by atoms with van der Waals surface area (Å²) in [5.41, 5.74) is 7.81. The van der Waals surface area contributed by atoms with E-state index < -0.39 is 0 Å². The summed E-state index contributed by atoms with van der Waals surface area (Å²) >= 11 is 0. The molecule has 0 aliphatic rings. The van der Waals surface area contributed by atoms with E-state index in [0.717, 1.165) is 17.5 Å². The Morgan fingerprint density at radius 3 is 1.76 bits per heavy atom. The molecule has 0 aliphatic carbocycles. The summed E-state index contributed by atoms with van der Waals surface area (Å²) in [6.07, 6.45) is 1.25. The number of rotatable bonds is 7. The summed E-state index contributed by atoms with van der Waals surface area (Å²) in [6, 6.07) is 20.2. The van der Waals surface area contributed by atoms with E-state index in [4.69, 9.17) is 5.73 Å². The number of nitrogens with zero attached hydrogens (tertiary/aromatic N) is 1. The van der Waals surface area contributed by atoms with E-state index in [9.17, 15) is 4.79 Å². The summed E-state index contributed by atoms with van der Waals surface area (Å²) in [7, 11) is 0. The van der Waals surface area contributed by atoms with Crippen LogP contribution >= 0.6 is 0 Å². The number of carbonyl (C=O) groups is 1. The highest BCUT2D eigenvalue weighted by molar-refractivity contribution is 5.76. The minimum Gasteiger partial charge on any atom is -0.334 e. The second-order valence-electron chi connectivity index (χ2n) is 5.11. The number of carbonyl (C=O) groups excluding carboxylic acids is 1. The SMILES string of the molecule is NCCCC(=O)N(Cc1ccccc1)Cc1ccccc1. The Balaban J connectivity index is 2.08. The molecule has 0 bridgehead atoms. The Morgan fingerprint density at radius 1 is 0.857 bits per heavy atom. The number of hydrogen-bond acceptors (Lipinski definition) is 2. The fourth-order valence-electron chi connectivity index (χ4n) is 2.25. The average molecular weight is 282 g/mol. The van der Waals surface area contributed by atoms with Gasteiger partial charge in [-0.3, -0.25) is 4.79 Å². The van der Waals surface area contributed by atoms with Crippen LogP contribution in [0.5, 0.6) is 0 Å². The average Bonchev–Trinajstić information content (AvgIpc) is 2.54. The van der Waals surface area contributed by atoms with Gasteiger partial charge >= 0.3 is 0 Å². The van der Waals surface area contributed by atoms with E-state index in [2.05, 4.69) is 0 Å². The van der Waals surface area contributed by atoms with E-state index in [1.807, 2.05) is 65.6 Å². The molecule has 21 heavy (non-hydrogen) atoms. The lowest BCUT2D eigenvalue weighted by Crippen LogP contribution is -2.30. The lowest BCUT2D eigenvalue weighted by Gasteiger charge is -2.23. The fourth-order valence-corrected chi connectivity index (χ4v) is 2.25. The molecule has 0 fully saturated rings.